The molecule has 3 aromatic rings. The molecule has 0 aliphatic carbocycles. The van der Waals surface area contributed by atoms with Gasteiger partial charge in [-0.1, -0.05) is 43.7 Å². The van der Waals surface area contributed by atoms with Crippen LogP contribution in [0.15, 0.2) is 64.1 Å². The highest BCUT2D eigenvalue weighted by molar-refractivity contribution is 5.97. The van der Waals surface area contributed by atoms with Gasteiger partial charge in [0.15, 0.2) is 0 Å². The maximum atomic E-state index is 12.6. The van der Waals surface area contributed by atoms with E-state index in [0.29, 0.717) is 28.2 Å². The monoisotopic (exact) mass is 462 g/mol. The number of nitrogens with one attached hydrogen (secondary N) is 2. The fraction of sp³-hybridized carbons (Fsp3) is 0.240. The molecule has 1 atom stereocenters. The Hall–Kier alpha value is -4.27. The van der Waals surface area contributed by atoms with Crippen LogP contribution in [-0.2, 0) is 4.79 Å². The van der Waals surface area contributed by atoms with Crippen molar-refractivity contribution in [3.63, 3.8) is 0 Å². The van der Waals surface area contributed by atoms with Crippen molar-refractivity contribution in [2.75, 3.05) is 0 Å². The van der Waals surface area contributed by atoms with E-state index in [2.05, 4.69) is 15.8 Å². The van der Waals surface area contributed by atoms with Gasteiger partial charge in [-0.25, -0.2) is 5.43 Å². The van der Waals surface area contributed by atoms with Gasteiger partial charge in [0.2, 0.25) is 0 Å². The predicted molar refractivity (Wildman–Crippen MR) is 129 cm³/mol. The maximum Gasteiger partial charge on any atom is 0.273 e. The summed E-state index contributed by atoms with van der Waals surface area (Å²) in [7, 11) is 0. The minimum absolute atomic E-state index is 0.00354. The van der Waals surface area contributed by atoms with Crippen LogP contribution in [0, 0.1) is 29.9 Å². The van der Waals surface area contributed by atoms with Crippen LogP contribution in [0.5, 0.6) is 0 Å². The third-order valence-corrected chi connectivity index (χ3v) is 5.28. The van der Waals surface area contributed by atoms with E-state index >= 15 is 0 Å². The van der Waals surface area contributed by atoms with Crippen molar-refractivity contribution in [1.82, 2.24) is 10.7 Å². The average Bonchev–Trinajstić information content (AvgIpc) is 3.25. The van der Waals surface area contributed by atoms with Gasteiger partial charge in [0, 0.05) is 22.8 Å². The van der Waals surface area contributed by atoms with Crippen LogP contribution in [0.4, 0.5) is 5.69 Å². The summed E-state index contributed by atoms with van der Waals surface area (Å²) in [5.74, 6) is -0.181. The molecule has 9 nitrogen and oxygen atoms in total. The molecule has 0 aliphatic rings. The Bertz CT molecular complexity index is 1250. The zero-order valence-corrected chi connectivity index (χ0v) is 19.4. The molecule has 0 unspecified atom stereocenters. The summed E-state index contributed by atoms with van der Waals surface area (Å²) in [6.07, 6.45) is 1.33. The summed E-state index contributed by atoms with van der Waals surface area (Å²) >= 11 is 0. The van der Waals surface area contributed by atoms with E-state index in [9.17, 15) is 19.7 Å². The maximum absolute atomic E-state index is 12.6. The topological polar surface area (TPSA) is 127 Å². The van der Waals surface area contributed by atoms with Crippen molar-refractivity contribution < 1.29 is 18.9 Å². The summed E-state index contributed by atoms with van der Waals surface area (Å²) in [4.78, 5) is 35.9. The van der Waals surface area contributed by atoms with E-state index in [-0.39, 0.29) is 17.5 Å². The molecular weight excluding hydrogens is 436 g/mol. The number of nitrogens with zero attached hydrogens (tertiary/aromatic N) is 2. The summed E-state index contributed by atoms with van der Waals surface area (Å²) in [5, 5.41) is 17.9. The largest absolute Gasteiger partial charge is 0.455 e. The van der Waals surface area contributed by atoms with Crippen molar-refractivity contribution >= 4 is 23.7 Å². The first kappa shape index (κ1) is 24.4. The lowest BCUT2D eigenvalue weighted by Gasteiger charge is -2.20. The van der Waals surface area contributed by atoms with E-state index in [4.69, 9.17) is 4.42 Å². The SMILES string of the molecule is Cc1cccc(C(=O)N[C@H](C(=O)N/N=C/c2ccc(-c3cccc([N+](=O)[O-])c3C)o2)C(C)C)c1. The zero-order chi connectivity index (χ0) is 24.8. The fourth-order valence-corrected chi connectivity index (χ4v) is 3.43. The molecule has 0 bridgehead atoms. The number of carbonyl (C=O) groups excluding carboxylic acids is 2. The van der Waals surface area contributed by atoms with Gasteiger partial charge in [-0.05, 0) is 44.0 Å². The molecule has 2 amide bonds. The van der Waals surface area contributed by atoms with Crippen LogP contribution in [0.25, 0.3) is 11.3 Å². The number of rotatable bonds is 8. The van der Waals surface area contributed by atoms with E-state index in [1.807, 2.05) is 26.8 Å². The van der Waals surface area contributed by atoms with Gasteiger partial charge in [0.1, 0.15) is 17.6 Å². The van der Waals surface area contributed by atoms with Gasteiger partial charge in [-0.3, -0.25) is 19.7 Å². The summed E-state index contributed by atoms with van der Waals surface area (Å²) in [6.45, 7) is 7.19. The Morgan fingerprint density at radius 1 is 1.09 bits per heavy atom. The molecular formula is C25H26N4O5. The third-order valence-electron chi connectivity index (χ3n) is 5.28. The Balaban J connectivity index is 1.67. The molecule has 2 aromatic carbocycles. The third kappa shape index (κ3) is 5.74. The quantitative estimate of drug-likeness (QED) is 0.292. The Labute approximate surface area is 197 Å². The number of hydrogen-bond donors (Lipinski definition) is 2. The van der Waals surface area contributed by atoms with Crippen molar-refractivity contribution in [3.05, 3.63) is 87.2 Å². The molecule has 0 spiro atoms. The highest BCUT2D eigenvalue weighted by atomic mass is 16.6. The van der Waals surface area contributed by atoms with E-state index in [0.717, 1.165) is 5.56 Å². The van der Waals surface area contributed by atoms with Crippen LogP contribution in [0.1, 0.15) is 41.1 Å². The normalized spacial score (nSPS) is 12.0. The van der Waals surface area contributed by atoms with E-state index in [1.54, 1.807) is 49.4 Å². The Morgan fingerprint density at radius 3 is 2.50 bits per heavy atom. The molecule has 0 aliphatic heterocycles. The first-order valence-corrected chi connectivity index (χ1v) is 10.7. The lowest BCUT2D eigenvalue weighted by atomic mass is 10.0. The van der Waals surface area contributed by atoms with Gasteiger partial charge < -0.3 is 9.73 Å². The van der Waals surface area contributed by atoms with Crippen LogP contribution < -0.4 is 10.7 Å². The van der Waals surface area contributed by atoms with E-state index in [1.165, 1.54) is 12.3 Å². The van der Waals surface area contributed by atoms with Crippen LogP contribution in [-0.4, -0.2) is 29.0 Å². The first-order valence-electron chi connectivity index (χ1n) is 10.7. The fourth-order valence-electron chi connectivity index (χ4n) is 3.43. The molecule has 1 heterocycles. The molecule has 0 radical (unpaired) electrons. The van der Waals surface area contributed by atoms with E-state index < -0.39 is 16.9 Å². The Kier molecular flexibility index (Phi) is 7.57. The van der Waals surface area contributed by atoms with Crippen LogP contribution in [0.2, 0.25) is 0 Å². The molecule has 0 fully saturated rings. The summed E-state index contributed by atoms with van der Waals surface area (Å²) in [6, 6.07) is 14.4. The number of furan rings is 1. The standard InChI is InChI=1S/C25H26N4O5/c1-15(2)23(27-24(30)18-8-5-7-16(3)13-18)25(31)28-26-14-19-11-12-22(34-19)20-9-6-10-21(17(20)4)29(32)33/h5-15,23H,1-4H3,(H,27,30)(H,28,31)/b26-14+/t23-/m0/s1. The second kappa shape index (κ2) is 10.6. The van der Waals surface area contributed by atoms with Crippen molar-refractivity contribution in [3.8, 4) is 11.3 Å². The number of hydrazone groups is 1. The van der Waals surface area contributed by atoms with Gasteiger partial charge in [-0.15, -0.1) is 0 Å². The number of benzene rings is 2. The molecule has 2 N–H and O–H groups in total. The number of nitro benzene ring substituents is 1. The second-order valence-corrected chi connectivity index (χ2v) is 8.21. The van der Waals surface area contributed by atoms with Crippen molar-refractivity contribution in [1.29, 1.82) is 0 Å². The summed E-state index contributed by atoms with van der Waals surface area (Å²) < 4.78 is 5.72. The van der Waals surface area contributed by atoms with Gasteiger partial charge in [0.05, 0.1) is 11.1 Å². The zero-order valence-electron chi connectivity index (χ0n) is 19.4. The lowest BCUT2D eigenvalue weighted by molar-refractivity contribution is -0.385. The summed E-state index contributed by atoms with van der Waals surface area (Å²) in [5.41, 5.74) is 4.94. The molecule has 34 heavy (non-hydrogen) atoms. The number of nitro groups is 1. The predicted octanol–water partition coefficient (Wildman–Crippen LogP) is 4.38. The molecule has 1 aromatic heterocycles. The highest BCUT2D eigenvalue weighted by Gasteiger charge is 2.24. The average molecular weight is 463 g/mol. The van der Waals surface area contributed by atoms with Gasteiger partial charge in [-0.2, -0.15) is 5.10 Å². The van der Waals surface area contributed by atoms with Crippen LogP contribution in [0.3, 0.4) is 0 Å². The van der Waals surface area contributed by atoms with Crippen molar-refractivity contribution in [2.45, 2.75) is 33.7 Å². The van der Waals surface area contributed by atoms with Crippen molar-refractivity contribution in [2.24, 2.45) is 11.0 Å². The second-order valence-electron chi connectivity index (χ2n) is 8.21. The van der Waals surface area contributed by atoms with Crippen LogP contribution >= 0.6 is 0 Å². The number of hydrogen-bond acceptors (Lipinski definition) is 6. The number of carbonyl (C=O) groups is 2. The van der Waals surface area contributed by atoms with Gasteiger partial charge >= 0.3 is 0 Å². The number of amides is 2. The number of aryl methyl sites for hydroxylation is 1. The first-order chi connectivity index (χ1) is 16.2. The Morgan fingerprint density at radius 2 is 1.82 bits per heavy atom. The van der Waals surface area contributed by atoms with Gasteiger partial charge in [0.25, 0.3) is 17.5 Å². The smallest absolute Gasteiger partial charge is 0.273 e. The molecule has 9 heteroatoms. The molecule has 0 saturated carbocycles. The molecule has 0 saturated heterocycles. The molecule has 176 valence electrons. The molecule has 3 rings (SSSR count). The highest BCUT2D eigenvalue weighted by Crippen LogP contribution is 2.30. The lowest BCUT2D eigenvalue weighted by Crippen LogP contribution is -2.48. The minimum atomic E-state index is -0.787. The minimum Gasteiger partial charge on any atom is -0.455 e.